The number of piperidine rings is 1. The van der Waals surface area contributed by atoms with Crippen molar-refractivity contribution in [2.24, 2.45) is 15.9 Å². The maximum absolute atomic E-state index is 13.3. The number of rotatable bonds is 6. The average molecular weight is 668 g/mol. The molecule has 48 heavy (non-hydrogen) atoms. The fourth-order valence-electron chi connectivity index (χ4n) is 6.24. The van der Waals surface area contributed by atoms with Crippen LogP contribution in [0, 0.1) is 5.92 Å². The van der Waals surface area contributed by atoms with Gasteiger partial charge in [0, 0.05) is 55.4 Å². The van der Waals surface area contributed by atoms with E-state index in [-0.39, 0.29) is 23.0 Å². The standard InChI is InChI=1S/C35H37N7O5S/c1-22(2)20-46-34(43)42-14-11-28(12-15-42)47-32-18-31(36-21-37-32)35-13-10-30(41-35)33(48(3,44)45)29-9-8-26(40-29)17-24-5-4-23(38-24)16-25-6-7-27(19-35)39-25/h4-10,16-19,21-22,28,39,41H,11-15,20H2,1-3H3. The zero-order valence-corrected chi connectivity index (χ0v) is 27.8. The van der Waals surface area contributed by atoms with Crippen molar-refractivity contribution >= 4 is 39.5 Å². The van der Waals surface area contributed by atoms with Crippen molar-refractivity contribution in [2.45, 2.75) is 44.8 Å². The van der Waals surface area contributed by atoms with Crippen LogP contribution in [-0.4, -0.2) is 77.8 Å². The number of aromatic nitrogens is 3. The summed E-state index contributed by atoms with van der Waals surface area (Å²) in [5, 5.41) is 5.19. The third-order valence-electron chi connectivity index (χ3n) is 8.54. The minimum absolute atomic E-state index is 0.102. The lowest BCUT2D eigenvalue weighted by Crippen LogP contribution is -2.42. The summed E-state index contributed by atoms with van der Waals surface area (Å²) in [6, 6.07) is 5.73. The SMILES string of the molecule is CC(C)COC(=O)N1CCC(Oc2cc(C34C=c5ccc([nH]5)=CC5=NC(=CC6=NC(=C(S(C)(=O)=O)C(=CC3)N4)C=C6)C=C5)ncn2)CC1. The largest absolute Gasteiger partial charge is 0.474 e. The van der Waals surface area contributed by atoms with E-state index < -0.39 is 15.4 Å². The van der Waals surface area contributed by atoms with E-state index in [1.807, 2.05) is 62.4 Å². The van der Waals surface area contributed by atoms with E-state index in [0.29, 0.717) is 67.6 Å². The van der Waals surface area contributed by atoms with Gasteiger partial charge in [0.1, 0.15) is 22.9 Å². The predicted molar refractivity (Wildman–Crippen MR) is 183 cm³/mol. The van der Waals surface area contributed by atoms with Crippen LogP contribution in [0.4, 0.5) is 4.79 Å². The van der Waals surface area contributed by atoms with Gasteiger partial charge in [0.05, 0.1) is 40.8 Å². The molecule has 2 aromatic heterocycles. The zero-order chi connectivity index (χ0) is 33.5. The molecule has 1 saturated heterocycles. The molecular formula is C35H37N7O5S. The van der Waals surface area contributed by atoms with E-state index in [9.17, 15) is 13.2 Å². The number of allylic oxidation sites excluding steroid dienone is 5. The van der Waals surface area contributed by atoms with Gasteiger partial charge >= 0.3 is 6.09 Å². The maximum Gasteiger partial charge on any atom is 0.409 e. The van der Waals surface area contributed by atoms with Gasteiger partial charge in [-0.2, -0.15) is 0 Å². The molecule has 0 aromatic carbocycles. The number of sulfone groups is 1. The number of amides is 1. The molecule has 5 aliphatic heterocycles. The van der Waals surface area contributed by atoms with E-state index in [1.165, 1.54) is 12.6 Å². The first-order valence-electron chi connectivity index (χ1n) is 16.0. The number of likely N-dealkylation sites (tertiary alicyclic amines) is 1. The highest BCUT2D eigenvalue weighted by Crippen LogP contribution is 2.38. The second-order valence-corrected chi connectivity index (χ2v) is 14.8. The molecule has 7 rings (SSSR count). The van der Waals surface area contributed by atoms with Gasteiger partial charge in [0.15, 0.2) is 9.84 Å². The molecule has 12 nitrogen and oxygen atoms in total. The fourth-order valence-corrected chi connectivity index (χ4v) is 7.27. The molecule has 0 radical (unpaired) electrons. The summed E-state index contributed by atoms with van der Waals surface area (Å²) in [6.07, 6.45) is 18.9. The molecule has 1 amide bonds. The second-order valence-electron chi connectivity index (χ2n) is 12.9. The number of aliphatic imine (C=N–C) groups is 2. The lowest BCUT2D eigenvalue weighted by atomic mass is 9.92. The topological polar surface area (TPSA) is 151 Å². The molecule has 2 N–H and O–H groups in total. The Hall–Kier alpha value is -5.04. The van der Waals surface area contributed by atoms with Gasteiger partial charge in [-0.15, -0.1) is 0 Å². The summed E-state index contributed by atoms with van der Waals surface area (Å²) in [4.78, 5) is 36.1. The number of aromatic amines is 1. The van der Waals surface area contributed by atoms with Crippen LogP contribution in [0.5, 0.6) is 5.88 Å². The quantitative estimate of drug-likeness (QED) is 0.478. The molecular weight excluding hydrogens is 630 g/mol. The van der Waals surface area contributed by atoms with E-state index >= 15 is 0 Å². The van der Waals surface area contributed by atoms with E-state index in [4.69, 9.17) is 9.47 Å². The first-order chi connectivity index (χ1) is 23.0. The van der Waals surface area contributed by atoms with Crippen LogP contribution in [0.15, 0.2) is 93.0 Å². The van der Waals surface area contributed by atoms with Crippen molar-refractivity contribution in [1.29, 1.82) is 0 Å². The fraction of sp³-hybridized carbons (Fsp3) is 0.343. The van der Waals surface area contributed by atoms with Gasteiger partial charge in [-0.3, -0.25) is 0 Å². The summed E-state index contributed by atoms with van der Waals surface area (Å²) in [5.41, 5.74) is 2.57. The minimum Gasteiger partial charge on any atom is -0.474 e. The number of H-pyrrole nitrogens is 1. The minimum atomic E-state index is -3.72. The van der Waals surface area contributed by atoms with Gasteiger partial charge in [-0.05, 0) is 60.6 Å². The van der Waals surface area contributed by atoms with Crippen LogP contribution < -0.4 is 20.8 Å². The van der Waals surface area contributed by atoms with E-state index in [1.54, 1.807) is 23.1 Å². The maximum atomic E-state index is 13.3. The van der Waals surface area contributed by atoms with Crippen LogP contribution in [-0.2, 0) is 20.1 Å². The molecule has 0 spiro atoms. The van der Waals surface area contributed by atoms with Crippen molar-refractivity contribution in [2.75, 3.05) is 26.0 Å². The van der Waals surface area contributed by atoms with Crippen LogP contribution >= 0.6 is 0 Å². The Morgan fingerprint density at radius 3 is 2.60 bits per heavy atom. The molecule has 1 atom stereocenters. The average Bonchev–Trinajstić information content (AvgIpc) is 3.86. The van der Waals surface area contributed by atoms with Crippen LogP contribution in [0.3, 0.4) is 0 Å². The van der Waals surface area contributed by atoms with Gasteiger partial charge < -0.3 is 24.7 Å². The summed E-state index contributed by atoms with van der Waals surface area (Å²) in [5.74, 6) is 0.672. The Morgan fingerprint density at radius 2 is 1.81 bits per heavy atom. The van der Waals surface area contributed by atoms with Crippen molar-refractivity contribution in [3.63, 3.8) is 0 Å². The highest BCUT2D eigenvalue weighted by molar-refractivity contribution is 7.94. The van der Waals surface area contributed by atoms with Crippen LogP contribution in [0.25, 0.3) is 12.2 Å². The molecule has 0 saturated carbocycles. The number of hydrogen-bond donors (Lipinski definition) is 2. The third-order valence-corrected chi connectivity index (χ3v) is 9.71. The molecule has 1 unspecified atom stereocenters. The van der Waals surface area contributed by atoms with Gasteiger partial charge in [0.25, 0.3) is 0 Å². The normalized spacial score (nSPS) is 22.0. The summed E-state index contributed by atoms with van der Waals surface area (Å²) in [6.45, 7) is 5.46. The lowest BCUT2D eigenvalue weighted by Gasteiger charge is -2.32. The number of carbonyl (C=O) groups excluding carboxylic acids is 1. The first-order valence-corrected chi connectivity index (χ1v) is 17.9. The highest BCUT2D eigenvalue weighted by atomic mass is 32.2. The Bertz CT molecular complexity index is 2110. The molecule has 7 heterocycles. The van der Waals surface area contributed by atoms with Crippen LogP contribution in [0.1, 0.15) is 38.8 Å². The van der Waals surface area contributed by atoms with Crippen molar-refractivity contribution in [1.82, 2.24) is 25.2 Å². The predicted octanol–water partition coefficient (Wildman–Crippen LogP) is 2.95. The summed E-state index contributed by atoms with van der Waals surface area (Å²) < 4.78 is 38.3. The number of carbonyl (C=O) groups is 1. The smallest absolute Gasteiger partial charge is 0.409 e. The van der Waals surface area contributed by atoms with Gasteiger partial charge in [0.2, 0.25) is 5.88 Å². The molecule has 8 bridgehead atoms. The Kier molecular flexibility index (Phi) is 8.24. The zero-order valence-electron chi connectivity index (χ0n) is 27.0. The van der Waals surface area contributed by atoms with Crippen molar-refractivity contribution in [3.8, 4) is 5.88 Å². The molecule has 248 valence electrons. The van der Waals surface area contributed by atoms with Crippen molar-refractivity contribution in [3.05, 3.63) is 99.4 Å². The molecule has 0 aliphatic carbocycles. The van der Waals surface area contributed by atoms with Gasteiger partial charge in [-0.25, -0.2) is 33.2 Å². The number of ether oxygens (including phenoxy) is 2. The van der Waals surface area contributed by atoms with E-state index in [0.717, 1.165) is 22.1 Å². The molecule has 5 aliphatic rings. The van der Waals surface area contributed by atoms with E-state index in [2.05, 4.69) is 30.3 Å². The Morgan fingerprint density at radius 1 is 1.04 bits per heavy atom. The number of nitrogens with one attached hydrogen (secondary N) is 2. The highest BCUT2D eigenvalue weighted by Gasteiger charge is 2.39. The summed E-state index contributed by atoms with van der Waals surface area (Å²) in [7, 11) is -3.72. The second kappa shape index (κ2) is 12.5. The molecule has 2 aromatic rings. The third kappa shape index (κ3) is 6.68. The lowest BCUT2D eigenvalue weighted by molar-refractivity contribution is 0.0605. The Labute approximate surface area is 278 Å². The summed E-state index contributed by atoms with van der Waals surface area (Å²) >= 11 is 0. The number of nitrogens with zero attached hydrogens (tertiary/aromatic N) is 5. The first kappa shape index (κ1) is 31.6. The number of hydrogen-bond acceptors (Lipinski definition) is 10. The molecule has 13 heteroatoms. The monoisotopic (exact) mass is 667 g/mol. The van der Waals surface area contributed by atoms with Gasteiger partial charge in [-0.1, -0.05) is 19.9 Å². The molecule has 1 fully saturated rings. The Balaban J connectivity index is 1.22. The van der Waals surface area contributed by atoms with Crippen molar-refractivity contribution < 1.29 is 22.7 Å². The number of fused-ring (bicyclic) bond motifs is 6. The van der Waals surface area contributed by atoms with Crippen LogP contribution in [0.2, 0.25) is 0 Å².